The van der Waals surface area contributed by atoms with Crippen LogP contribution >= 0.6 is 43.2 Å². The minimum absolute atomic E-state index is 0.132. The Hall–Kier alpha value is -0.860. The molecule has 106 valence electrons. The summed E-state index contributed by atoms with van der Waals surface area (Å²) in [6.45, 7) is 0. The van der Waals surface area contributed by atoms with Crippen LogP contribution < -0.4 is 4.74 Å². The number of hydrogen-bond acceptors (Lipinski definition) is 3. The van der Waals surface area contributed by atoms with Gasteiger partial charge in [0.2, 0.25) is 5.78 Å². The van der Waals surface area contributed by atoms with Gasteiger partial charge in [0.05, 0.1) is 8.66 Å². The number of ether oxygens (including phenoxy) is 1. The normalized spacial score (nSPS) is 11.4. The summed E-state index contributed by atoms with van der Waals surface area (Å²) in [5, 5.41) is 0. The molecule has 8 heteroatoms. The van der Waals surface area contributed by atoms with Crippen LogP contribution in [-0.2, 0) is 0 Å². The molecular weight excluding hydrogens is 425 g/mol. The number of benzene rings is 1. The summed E-state index contributed by atoms with van der Waals surface area (Å²) < 4.78 is 41.7. The van der Waals surface area contributed by atoms with Crippen molar-refractivity contribution in [3.63, 3.8) is 0 Å². The first-order chi connectivity index (χ1) is 9.26. The third-order valence-electron chi connectivity index (χ3n) is 2.20. The number of halogens is 5. The second kappa shape index (κ2) is 5.87. The molecule has 1 aromatic heterocycles. The molecule has 0 aliphatic carbocycles. The lowest BCUT2D eigenvalue weighted by Gasteiger charge is -2.09. The van der Waals surface area contributed by atoms with E-state index in [0.717, 1.165) is 15.9 Å². The zero-order chi connectivity index (χ0) is 14.9. The minimum atomic E-state index is -4.78. The Balaban J connectivity index is 2.29. The van der Waals surface area contributed by atoms with Crippen LogP contribution in [0.3, 0.4) is 0 Å². The van der Waals surface area contributed by atoms with Crippen molar-refractivity contribution in [2.24, 2.45) is 0 Å². The summed E-state index contributed by atoms with van der Waals surface area (Å²) in [6, 6.07) is 6.59. The fourth-order valence-corrected chi connectivity index (χ4v) is 3.43. The van der Waals surface area contributed by atoms with Crippen molar-refractivity contribution in [2.75, 3.05) is 0 Å². The van der Waals surface area contributed by atoms with Crippen LogP contribution in [0.1, 0.15) is 15.2 Å². The first-order valence-corrected chi connectivity index (χ1v) is 7.52. The zero-order valence-corrected chi connectivity index (χ0v) is 13.5. The highest BCUT2D eigenvalue weighted by molar-refractivity contribution is 9.13. The monoisotopic (exact) mass is 428 g/mol. The summed E-state index contributed by atoms with van der Waals surface area (Å²) in [6.07, 6.45) is -4.78. The molecule has 0 unspecified atom stereocenters. The molecule has 20 heavy (non-hydrogen) atoms. The van der Waals surface area contributed by atoms with Crippen molar-refractivity contribution in [1.82, 2.24) is 0 Å². The fourth-order valence-electron chi connectivity index (χ4n) is 1.44. The first-order valence-electron chi connectivity index (χ1n) is 5.11. The van der Waals surface area contributed by atoms with Gasteiger partial charge in [0, 0.05) is 10.0 Å². The molecule has 0 aliphatic rings. The van der Waals surface area contributed by atoms with Crippen molar-refractivity contribution in [3.8, 4) is 5.75 Å². The van der Waals surface area contributed by atoms with Gasteiger partial charge in [-0.25, -0.2) is 0 Å². The molecule has 0 fully saturated rings. The van der Waals surface area contributed by atoms with Gasteiger partial charge < -0.3 is 4.74 Å². The Morgan fingerprint density at radius 1 is 1.20 bits per heavy atom. The molecule has 0 radical (unpaired) electrons. The predicted molar refractivity (Wildman–Crippen MR) is 76.3 cm³/mol. The summed E-state index contributed by atoms with van der Waals surface area (Å²) >= 11 is 7.70. The smallest absolute Gasteiger partial charge is 0.406 e. The molecule has 2 rings (SSSR count). The standard InChI is InChI=1S/C12H5Br2F3O2S/c13-8-5-9(20-11(8)14)10(18)6-2-1-3-7(4-6)19-12(15,16)17/h1-5H. The molecule has 2 aromatic rings. The van der Waals surface area contributed by atoms with Crippen LogP contribution in [0, 0.1) is 0 Å². The average molecular weight is 430 g/mol. The molecule has 0 bridgehead atoms. The van der Waals surface area contributed by atoms with E-state index < -0.39 is 12.1 Å². The summed E-state index contributed by atoms with van der Waals surface area (Å²) in [7, 11) is 0. The van der Waals surface area contributed by atoms with E-state index in [1.54, 1.807) is 6.07 Å². The molecule has 1 aromatic carbocycles. The number of rotatable bonds is 3. The first kappa shape index (κ1) is 15.5. The van der Waals surface area contributed by atoms with Crippen molar-refractivity contribution in [2.45, 2.75) is 6.36 Å². The Morgan fingerprint density at radius 3 is 2.45 bits per heavy atom. The Kier molecular flexibility index (Phi) is 4.55. The molecule has 0 aliphatic heterocycles. The van der Waals surface area contributed by atoms with E-state index in [9.17, 15) is 18.0 Å². The highest BCUT2D eigenvalue weighted by Crippen LogP contribution is 2.34. The van der Waals surface area contributed by atoms with Gasteiger partial charge in [-0.15, -0.1) is 24.5 Å². The number of thiophene rings is 1. The zero-order valence-electron chi connectivity index (χ0n) is 9.50. The minimum Gasteiger partial charge on any atom is -0.406 e. The lowest BCUT2D eigenvalue weighted by Crippen LogP contribution is -2.17. The third-order valence-corrected chi connectivity index (χ3v) is 5.45. The van der Waals surface area contributed by atoms with Crippen LogP contribution in [0.2, 0.25) is 0 Å². The fraction of sp³-hybridized carbons (Fsp3) is 0.0833. The molecule has 0 saturated carbocycles. The number of alkyl halides is 3. The molecule has 0 amide bonds. The number of carbonyl (C=O) groups excluding carboxylic acids is 1. The highest BCUT2D eigenvalue weighted by Gasteiger charge is 2.31. The van der Waals surface area contributed by atoms with E-state index in [-0.39, 0.29) is 11.3 Å². The van der Waals surface area contributed by atoms with E-state index in [0.29, 0.717) is 9.35 Å². The van der Waals surface area contributed by atoms with Crippen LogP contribution in [-0.4, -0.2) is 12.1 Å². The average Bonchev–Trinajstić information content (AvgIpc) is 2.67. The third kappa shape index (κ3) is 3.83. The van der Waals surface area contributed by atoms with Gasteiger partial charge in [-0.2, -0.15) is 0 Å². The maximum atomic E-state index is 12.2. The molecule has 1 heterocycles. The SMILES string of the molecule is O=C(c1cccc(OC(F)(F)F)c1)c1cc(Br)c(Br)s1. The lowest BCUT2D eigenvalue weighted by molar-refractivity contribution is -0.274. The lowest BCUT2D eigenvalue weighted by atomic mass is 10.1. The molecule has 0 spiro atoms. The van der Waals surface area contributed by atoms with Gasteiger partial charge in [0.15, 0.2) is 0 Å². The van der Waals surface area contributed by atoms with Gasteiger partial charge in [0.25, 0.3) is 0 Å². The Labute approximate surface area is 132 Å². The van der Waals surface area contributed by atoms with Crippen molar-refractivity contribution in [3.05, 3.63) is 49.0 Å². The number of hydrogen-bond donors (Lipinski definition) is 0. The number of ketones is 1. The van der Waals surface area contributed by atoms with E-state index in [2.05, 4.69) is 36.6 Å². The molecule has 0 N–H and O–H groups in total. The summed E-state index contributed by atoms with van der Waals surface area (Å²) in [4.78, 5) is 12.6. The quantitative estimate of drug-likeness (QED) is 0.610. The summed E-state index contributed by atoms with van der Waals surface area (Å²) in [5.74, 6) is -0.785. The van der Waals surface area contributed by atoms with E-state index >= 15 is 0 Å². The molecule has 0 saturated heterocycles. The van der Waals surface area contributed by atoms with Gasteiger partial charge in [-0.3, -0.25) is 4.79 Å². The summed E-state index contributed by atoms with van der Waals surface area (Å²) in [5.41, 5.74) is 0.132. The molecular formula is C12H5Br2F3O2S. The maximum Gasteiger partial charge on any atom is 0.573 e. The predicted octanol–water partition coefficient (Wildman–Crippen LogP) is 5.40. The Morgan fingerprint density at radius 2 is 1.90 bits per heavy atom. The van der Waals surface area contributed by atoms with Gasteiger partial charge in [0.1, 0.15) is 5.75 Å². The van der Waals surface area contributed by atoms with Gasteiger partial charge in [-0.1, -0.05) is 12.1 Å². The van der Waals surface area contributed by atoms with Gasteiger partial charge >= 0.3 is 6.36 Å². The van der Waals surface area contributed by atoms with E-state index in [4.69, 9.17) is 0 Å². The van der Waals surface area contributed by atoms with Crippen LogP contribution in [0.5, 0.6) is 5.75 Å². The Bertz CT molecular complexity index is 633. The van der Waals surface area contributed by atoms with Crippen molar-refractivity contribution < 1.29 is 22.7 Å². The molecule has 2 nitrogen and oxygen atoms in total. The van der Waals surface area contributed by atoms with Crippen LogP contribution in [0.4, 0.5) is 13.2 Å². The number of carbonyl (C=O) groups is 1. The van der Waals surface area contributed by atoms with Crippen molar-refractivity contribution in [1.29, 1.82) is 0 Å². The van der Waals surface area contributed by atoms with Crippen LogP contribution in [0.15, 0.2) is 38.6 Å². The second-order valence-electron chi connectivity index (χ2n) is 3.64. The maximum absolute atomic E-state index is 12.2. The highest BCUT2D eigenvalue weighted by atomic mass is 79.9. The van der Waals surface area contributed by atoms with E-state index in [1.807, 2.05) is 0 Å². The van der Waals surface area contributed by atoms with Gasteiger partial charge in [-0.05, 0) is 50.1 Å². The van der Waals surface area contributed by atoms with E-state index in [1.165, 1.54) is 23.5 Å². The van der Waals surface area contributed by atoms with Crippen LogP contribution in [0.25, 0.3) is 0 Å². The topological polar surface area (TPSA) is 26.3 Å². The molecule has 0 atom stereocenters. The largest absolute Gasteiger partial charge is 0.573 e. The second-order valence-corrected chi connectivity index (χ2v) is 6.86. The van der Waals surface area contributed by atoms with Crippen molar-refractivity contribution >= 4 is 49.0 Å².